The molecular weight excluding hydrogens is 1050 g/mol. The van der Waals surface area contributed by atoms with Gasteiger partial charge in [0.15, 0.2) is 0 Å². The lowest BCUT2D eigenvalue weighted by molar-refractivity contribution is -0.382. The van der Waals surface area contributed by atoms with Crippen LogP contribution in [0.1, 0.15) is 0 Å². The second-order valence-electron chi connectivity index (χ2n) is 13.9. The van der Waals surface area contributed by atoms with Crippen LogP contribution in [-0.4, -0.2) is 68.9 Å². The number of rotatable bonds is 17. The van der Waals surface area contributed by atoms with Crippen LogP contribution < -0.4 is 25.4 Å². The van der Waals surface area contributed by atoms with E-state index in [-0.39, 0.29) is 15.9 Å². The zero-order valence-corrected chi connectivity index (χ0v) is 36.3. The molecule has 0 aromatic heterocycles. The van der Waals surface area contributed by atoms with Gasteiger partial charge in [-0.1, -0.05) is 115 Å². The monoisotopic (exact) mass is 1080 g/mol. The highest BCUT2D eigenvalue weighted by Gasteiger charge is 2.86. The van der Waals surface area contributed by atoms with Gasteiger partial charge >= 0.3 is 66.6 Å². The van der Waals surface area contributed by atoms with Gasteiger partial charge in [-0.3, -0.25) is 9.44 Å². The van der Waals surface area contributed by atoms with Crippen molar-refractivity contribution in [2.24, 2.45) is 20.5 Å². The number of nitrogens with zero attached hydrogens (tertiary/aromatic N) is 4. The highest BCUT2D eigenvalue weighted by molar-refractivity contribution is 7.95. The van der Waals surface area contributed by atoms with Crippen molar-refractivity contribution in [3.8, 4) is 0 Å². The van der Waals surface area contributed by atoms with Gasteiger partial charge in [0.05, 0.1) is 11.4 Å². The predicted octanol–water partition coefficient (Wildman–Crippen LogP) is 12.0. The number of benzene rings is 5. The molecule has 378 valence electrons. The Hall–Kier alpha value is -6.16. The summed E-state index contributed by atoms with van der Waals surface area (Å²) in [6.45, 7) is -3.92. The molecule has 0 unspecified atom stereocenters. The van der Waals surface area contributed by atoms with Gasteiger partial charge in [-0.2, -0.15) is 95.9 Å². The van der Waals surface area contributed by atoms with Gasteiger partial charge in [0, 0.05) is 6.89 Å². The first kappa shape index (κ1) is 54.8. The predicted molar refractivity (Wildman–Crippen MR) is 219 cm³/mol. The fourth-order valence-electron chi connectivity index (χ4n) is 5.87. The van der Waals surface area contributed by atoms with Gasteiger partial charge in [0.25, 0.3) is 0 Å². The molecule has 0 fully saturated rings. The van der Waals surface area contributed by atoms with E-state index >= 15 is 0 Å². The maximum absolute atomic E-state index is 14.8. The van der Waals surface area contributed by atoms with Crippen LogP contribution in [0.5, 0.6) is 0 Å². The van der Waals surface area contributed by atoms with E-state index in [2.05, 4.69) is 20.5 Å². The van der Waals surface area contributed by atoms with Crippen LogP contribution in [0.4, 0.5) is 102 Å². The lowest BCUT2D eigenvalue weighted by Crippen LogP contribution is -2.64. The van der Waals surface area contributed by atoms with Crippen LogP contribution in [0, 0.1) is 0 Å². The molecule has 0 saturated carbocycles. The van der Waals surface area contributed by atoms with E-state index in [1.807, 2.05) is 0 Å². The van der Waals surface area contributed by atoms with Crippen molar-refractivity contribution in [1.29, 1.82) is 0 Å². The maximum atomic E-state index is 14.8. The summed E-state index contributed by atoms with van der Waals surface area (Å²) in [4.78, 5) is 0. The zero-order valence-electron chi connectivity index (χ0n) is 33.8. The maximum Gasteiger partial charge on any atom is 0.460 e. The third-order valence-electron chi connectivity index (χ3n) is 9.43. The smallest absolute Gasteiger partial charge is 0.276 e. The highest BCUT2D eigenvalue weighted by Crippen LogP contribution is 2.57. The fraction of sp³-hybridized carbons (Fsp3) is 0.205. The Morgan fingerprint density at radius 2 is 0.629 bits per heavy atom. The summed E-state index contributed by atoms with van der Waals surface area (Å²) in [5.74, 6) is -30.6. The molecule has 5 aromatic rings. The molecular formula is C39H25F18N6O4PS2. The van der Waals surface area contributed by atoms with E-state index in [0.29, 0.717) is 24.3 Å². The summed E-state index contributed by atoms with van der Waals surface area (Å²) in [6, 6.07) is 27.9. The van der Waals surface area contributed by atoms with Crippen molar-refractivity contribution in [3.05, 3.63) is 140 Å². The Bertz CT molecular complexity index is 2790. The summed E-state index contributed by atoms with van der Waals surface area (Å²) in [7, 11) is -14.7. The molecule has 0 spiro atoms. The summed E-state index contributed by atoms with van der Waals surface area (Å²) in [6.07, 6.45) is -14.8. The molecule has 0 radical (unpaired) electrons. The number of azo groups is 2. The molecule has 0 saturated heterocycles. The molecule has 10 nitrogen and oxygen atoms in total. The fourth-order valence-corrected chi connectivity index (χ4v) is 11.8. The van der Waals surface area contributed by atoms with Gasteiger partial charge < -0.3 is 0 Å². The largest absolute Gasteiger partial charge is 0.460 e. The molecule has 0 aliphatic carbocycles. The van der Waals surface area contributed by atoms with Crippen molar-refractivity contribution in [2.75, 3.05) is 9.44 Å². The van der Waals surface area contributed by atoms with Crippen LogP contribution in [0.25, 0.3) is 0 Å². The van der Waals surface area contributed by atoms with Crippen LogP contribution in [0.15, 0.2) is 160 Å². The van der Waals surface area contributed by atoms with Crippen LogP contribution in [0.3, 0.4) is 0 Å². The van der Waals surface area contributed by atoms with Gasteiger partial charge in [0.1, 0.15) is 11.4 Å². The molecule has 5 aromatic carbocycles. The van der Waals surface area contributed by atoms with Crippen molar-refractivity contribution in [3.63, 3.8) is 0 Å². The van der Waals surface area contributed by atoms with Crippen LogP contribution in [0.2, 0.25) is 0 Å². The molecule has 70 heavy (non-hydrogen) atoms. The van der Waals surface area contributed by atoms with E-state index in [9.17, 15) is 95.9 Å². The zero-order chi connectivity index (χ0) is 52.6. The van der Waals surface area contributed by atoms with Crippen molar-refractivity contribution in [2.45, 2.75) is 46.6 Å². The Morgan fingerprint density at radius 1 is 0.371 bits per heavy atom. The van der Waals surface area contributed by atoms with Crippen molar-refractivity contribution in [1.82, 2.24) is 0 Å². The minimum absolute atomic E-state index is 0.225. The lowest BCUT2D eigenvalue weighted by atomic mass is 10.1. The average Bonchev–Trinajstić information content (AvgIpc) is 3.28. The van der Waals surface area contributed by atoms with E-state index in [1.54, 1.807) is 0 Å². The number of para-hydroxylation sites is 2. The first-order valence-corrected chi connectivity index (χ1v) is 23.2. The number of nitrogens with one attached hydrogen (secondary N) is 2. The molecule has 31 heteroatoms. The lowest BCUT2D eigenvalue weighted by Gasteiger charge is -2.33. The standard InChI is InChI=1S/C39H25F18N6O4PS2/c40-32(41,36(48,49)50)34(44,45)38(54,55)69(64,65)62-29-22-12-10-20-27(29)58-60-31(68(24-14-4-1-5-15-24,25-16-6-2-7-17-25)26-18-8-3-9-19-26)61-59-28-21-11-13-23-30(28)63-70(66,67)39(56,57)35(46,47)33(42,43)37(51,52)53/h1-23,62-63H. The number of hydrogen-bond donors (Lipinski definition) is 2. The number of alkyl halides is 18. The summed E-state index contributed by atoms with van der Waals surface area (Å²) in [5.41, 5.74) is -5.45. The topological polar surface area (TPSA) is 142 Å². The summed E-state index contributed by atoms with van der Waals surface area (Å²) in [5, 5.41) is 1.86. The Kier molecular flexibility index (Phi) is 14.8. The molecule has 0 bridgehead atoms. The van der Waals surface area contributed by atoms with E-state index in [1.165, 1.54) is 91.0 Å². The number of anilines is 2. The first-order chi connectivity index (χ1) is 32.1. The molecule has 0 atom stereocenters. The third-order valence-corrected chi connectivity index (χ3v) is 16.3. The molecule has 0 amide bonds. The number of hydrogen-bond acceptors (Lipinski definition) is 6. The number of halogens is 18. The number of sulfonamides is 2. The Balaban J connectivity index is 1.80. The Labute approximate surface area is 382 Å². The van der Waals surface area contributed by atoms with Crippen molar-refractivity contribution < 1.29 is 95.9 Å². The molecule has 2 N–H and O–H groups in total. The van der Waals surface area contributed by atoms with E-state index < -0.39 is 102 Å². The minimum atomic E-state index is -7.66. The molecule has 5 rings (SSSR count). The van der Waals surface area contributed by atoms with Gasteiger partial charge in [-0.15, -0.1) is 20.5 Å². The molecule has 0 aliphatic heterocycles. The van der Waals surface area contributed by atoms with Crippen LogP contribution >= 0.6 is 6.89 Å². The average molecular weight is 1080 g/mol. The molecule has 0 heterocycles. The second-order valence-corrected chi connectivity index (χ2v) is 20.7. The van der Waals surface area contributed by atoms with Gasteiger partial charge in [-0.05, 0) is 40.2 Å². The quantitative estimate of drug-likeness (QED) is 0.0543. The summed E-state index contributed by atoms with van der Waals surface area (Å²) >= 11 is 0. The van der Waals surface area contributed by atoms with Crippen LogP contribution in [-0.2, 0) is 20.0 Å². The van der Waals surface area contributed by atoms with E-state index in [4.69, 9.17) is 0 Å². The highest BCUT2D eigenvalue weighted by atomic mass is 32.2. The Morgan fingerprint density at radius 3 is 0.900 bits per heavy atom. The van der Waals surface area contributed by atoms with Crippen molar-refractivity contribution >= 4 is 71.1 Å². The minimum Gasteiger partial charge on any atom is -0.276 e. The SMILES string of the molecule is O=S(=O)(Nc1ccccc1N=NC(N=Nc1ccccc1NS(=O)(=O)C(F)(F)C(F)(F)C(F)(F)C(F)(F)F)=P(c1ccccc1)(c1ccccc1)c1ccccc1)C(F)(F)C(F)(F)C(F)(F)C(F)(F)F. The summed E-state index contributed by atoms with van der Waals surface area (Å²) < 4.78 is 301. The van der Waals surface area contributed by atoms with Gasteiger partial charge in [-0.25, -0.2) is 0 Å². The van der Waals surface area contributed by atoms with Gasteiger partial charge in [0.2, 0.25) is 5.54 Å². The second kappa shape index (κ2) is 18.9. The normalized spacial score (nSPS) is 14.3. The first-order valence-electron chi connectivity index (χ1n) is 18.5. The molecule has 0 aliphatic rings. The third kappa shape index (κ3) is 9.43. The van der Waals surface area contributed by atoms with E-state index in [0.717, 1.165) is 33.7 Å².